The van der Waals surface area contributed by atoms with E-state index in [2.05, 4.69) is 0 Å². The molecule has 1 amide bonds. The SMILES string of the molecule is COC(=O)CN(C(=O)/C=C/c1ccc(C)s1)C1CCCC1. The quantitative estimate of drug-likeness (QED) is 0.620. The van der Waals surface area contributed by atoms with Gasteiger partial charge in [0.15, 0.2) is 0 Å². The zero-order valence-electron chi connectivity index (χ0n) is 12.5. The maximum Gasteiger partial charge on any atom is 0.325 e. The van der Waals surface area contributed by atoms with Gasteiger partial charge in [-0.05, 0) is 38.0 Å². The van der Waals surface area contributed by atoms with E-state index >= 15 is 0 Å². The summed E-state index contributed by atoms with van der Waals surface area (Å²) in [5, 5.41) is 0. The normalized spacial score (nSPS) is 15.5. The second-order valence-electron chi connectivity index (χ2n) is 5.26. The Labute approximate surface area is 129 Å². The largest absolute Gasteiger partial charge is 0.468 e. The Morgan fingerprint density at radius 2 is 2.10 bits per heavy atom. The van der Waals surface area contributed by atoms with Crippen LogP contribution in [0.3, 0.4) is 0 Å². The maximum atomic E-state index is 12.4. The van der Waals surface area contributed by atoms with Gasteiger partial charge in [0.1, 0.15) is 6.54 Å². The van der Waals surface area contributed by atoms with Gasteiger partial charge in [-0.3, -0.25) is 9.59 Å². The molecule has 0 atom stereocenters. The Kier molecular flexibility index (Phi) is 5.56. The molecule has 1 aromatic rings. The van der Waals surface area contributed by atoms with Crippen molar-refractivity contribution in [2.24, 2.45) is 0 Å². The van der Waals surface area contributed by atoms with Crippen LogP contribution < -0.4 is 0 Å². The summed E-state index contributed by atoms with van der Waals surface area (Å²) in [5.74, 6) is -0.478. The average molecular weight is 307 g/mol. The predicted molar refractivity (Wildman–Crippen MR) is 84.1 cm³/mol. The van der Waals surface area contributed by atoms with E-state index in [9.17, 15) is 9.59 Å². The standard InChI is InChI=1S/C16H21NO3S/c1-12-7-8-14(21-12)9-10-15(18)17(11-16(19)20-2)13-5-3-4-6-13/h7-10,13H,3-6,11H2,1-2H3/b10-9+. The predicted octanol–water partition coefficient (Wildman–Crippen LogP) is 3.01. The first-order valence-corrected chi connectivity index (χ1v) is 8.03. The zero-order valence-corrected chi connectivity index (χ0v) is 13.3. The van der Waals surface area contributed by atoms with Crippen molar-refractivity contribution >= 4 is 29.3 Å². The summed E-state index contributed by atoms with van der Waals surface area (Å²) in [7, 11) is 1.35. The van der Waals surface area contributed by atoms with Gasteiger partial charge in [0.2, 0.25) is 5.91 Å². The molecular weight excluding hydrogens is 286 g/mol. The highest BCUT2D eigenvalue weighted by molar-refractivity contribution is 7.12. The first-order chi connectivity index (χ1) is 10.1. The summed E-state index contributed by atoms with van der Waals surface area (Å²) in [6.07, 6.45) is 7.54. The van der Waals surface area contributed by atoms with Crippen molar-refractivity contribution in [1.29, 1.82) is 0 Å². The first kappa shape index (κ1) is 15.8. The molecule has 1 fully saturated rings. The molecule has 0 aliphatic heterocycles. The Hall–Kier alpha value is -1.62. The van der Waals surface area contributed by atoms with Crippen molar-refractivity contribution in [3.05, 3.63) is 28.0 Å². The number of nitrogens with zero attached hydrogens (tertiary/aromatic N) is 1. The van der Waals surface area contributed by atoms with Gasteiger partial charge in [-0.25, -0.2) is 0 Å². The summed E-state index contributed by atoms with van der Waals surface area (Å²) in [6.45, 7) is 2.07. The van der Waals surface area contributed by atoms with Crippen LogP contribution in [0.5, 0.6) is 0 Å². The third-order valence-electron chi connectivity index (χ3n) is 3.73. The summed E-state index contributed by atoms with van der Waals surface area (Å²) in [6, 6.07) is 4.17. The number of carbonyl (C=O) groups is 2. The maximum absolute atomic E-state index is 12.4. The fourth-order valence-corrected chi connectivity index (χ4v) is 3.38. The van der Waals surface area contributed by atoms with Crippen LogP contribution >= 0.6 is 11.3 Å². The number of ether oxygens (including phenoxy) is 1. The number of hydrogen-bond donors (Lipinski definition) is 0. The van der Waals surface area contributed by atoms with Crippen LogP contribution in [0.4, 0.5) is 0 Å². The van der Waals surface area contributed by atoms with Crippen LogP contribution in [0.1, 0.15) is 35.4 Å². The van der Waals surface area contributed by atoms with E-state index in [1.165, 1.54) is 12.0 Å². The van der Waals surface area contributed by atoms with E-state index in [4.69, 9.17) is 4.74 Å². The topological polar surface area (TPSA) is 46.6 Å². The van der Waals surface area contributed by atoms with Gasteiger partial charge in [0.25, 0.3) is 0 Å². The number of carbonyl (C=O) groups excluding carboxylic acids is 2. The monoisotopic (exact) mass is 307 g/mol. The second kappa shape index (κ2) is 7.41. The number of thiophene rings is 1. The van der Waals surface area contributed by atoms with E-state index in [0.717, 1.165) is 30.6 Å². The molecule has 2 rings (SSSR count). The number of hydrogen-bond acceptors (Lipinski definition) is 4. The van der Waals surface area contributed by atoms with E-state index in [-0.39, 0.29) is 24.5 Å². The number of amides is 1. The highest BCUT2D eigenvalue weighted by Gasteiger charge is 2.27. The number of aryl methyl sites for hydroxylation is 1. The molecule has 0 saturated heterocycles. The molecule has 114 valence electrons. The van der Waals surface area contributed by atoms with Gasteiger partial charge in [-0.2, -0.15) is 0 Å². The fourth-order valence-electron chi connectivity index (χ4n) is 2.60. The van der Waals surface area contributed by atoms with Crippen LogP contribution in [0.25, 0.3) is 6.08 Å². The minimum absolute atomic E-state index is 0.0355. The van der Waals surface area contributed by atoms with Gasteiger partial charge >= 0.3 is 5.97 Å². The molecule has 1 aromatic heterocycles. The Morgan fingerprint density at radius 3 is 2.67 bits per heavy atom. The molecule has 0 spiro atoms. The fraction of sp³-hybridized carbons (Fsp3) is 0.500. The molecular formula is C16H21NO3S. The third kappa shape index (κ3) is 4.43. The van der Waals surface area contributed by atoms with Gasteiger partial charge in [-0.15, -0.1) is 11.3 Å². The van der Waals surface area contributed by atoms with Crippen molar-refractivity contribution in [3.63, 3.8) is 0 Å². The van der Waals surface area contributed by atoms with Crippen LogP contribution in [-0.2, 0) is 14.3 Å². The van der Waals surface area contributed by atoms with Crippen molar-refractivity contribution in [3.8, 4) is 0 Å². The molecule has 0 bridgehead atoms. The van der Waals surface area contributed by atoms with Crippen LogP contribution in [0.2, 0.25) is 0 Å². The first-order valence-electron chi connectivity index (χ1n) is 7.22. The lowest BCUT2D eigenvalue weighted by Crippen LogP contribution is -2.41. The van der Waals surface area contributed by atoms with Gasteiger partial charge in [0, 0.05) is 21.9 Å². The molecule has 1 aliphatic carbocycles. The van der Waals surface area contributed by atoms with Crippen LogP contribution in [0, 0.1) is 6.92 Å². The van der Waals surface area contributed by atoms with Gasteiger partial charge in [0.05, 0.1) is 7.11 Å². The zero-order chi connectivity index (χ0) is 15.2. The lowest BCUT2D eigenvalue weighted by molar-refractivity contribution is -0.146. The molecule has 21 heavy (non-hydrogen) atoms. The number of esters is 1. The third-order valence-corrected chi connectivity index (χ3v) is 4.69. The van der Waals surface area contributed by atoms with Crippen molar-refractivity contribution in [2.75, 3.05) is 13.7 Å². The minimum Gasteiger partial charge on any atom is -0.468 e. The molecule has 0 N–H and O–H groups in total. The minimum atomic E-state index is -0.365. The molecule has 0 unspecified atom stereocenters. The van der Waals surface area contributed by atoms with Crippen LogP contribution in [-0.4, -0.2) is 36.5 Å². The van der Waals surface area contributed by atoms with E-state index in [1.54, 1.807) is 22.3 Å². The van der Waals surface area contributed by atoms with Crippen molar-refractivity contribution in [1.82, 2.24) is 4.90 Å². The lowest BCUT2D eigenvalue weighted by atomic mass is 10.2. The highest BCUT2D eigenvalue weighted by atomic mass is 32.1. The van der Waals surface area contributed by atoms with Crippen molar-refractivity contribution < 1.29 is 14.3 Å². The van der Waals surface area contributed by atoms with E-state index < -0.39 is 0 Å². The Balaban J connectivity index is 2.05. The average Bonchev–Trinajstić information content (AvgIpc) is 3.13. The summed E-state index contributed by atoms with van der Waals surface area (Å²) in [4.78, 5) is 27.8. The molecule has 1 aliphatic rings. The molecule has 1 saturated carbocycles. The second-order valence-corrected chi connectivity index (χ2v) is 6.58. The number of rotatable bonds is 5. The summed E-state index contributed by atoms with van der Waals surface area (Å²) >= 11 is 1.64. The molecule has 1 heterocycles. The Morgan fingerprint density at radius 1 is 1.38 bits per heavy atom. The van der Waals surface area contributed by atoms with Gasteiger partial charge in [-0.1, -0.05) is 12.8 Å². The summed E-state index contributed by atoms with van der Waals surface area (Å²) < 4.78 is 4.70. The van der Waals surface area contributed by atoms with Gasteiger partial charge < -0.3 is 9.64 Å². The summed E-state index contributed by atoms with van der Waals surface area (Å²) in [5.41, 5.74) is 0. The van der Waals surface area contributed by atoms with E-state index in [1.807, 2.05) is 25.1 Å². The molecule has 4 nitrogen and oxygen atoms in total. The molecule has 0 radical (unpaired) electrons. The Bertz CT molecular complexity index is 529. The van der Waals surface area contributed by atoms with Crippen LogP contribution in [0.15, 0.2) is 18.2 Å². The smallest absolute Gasteiger partial charge is 0.325 e. The van der Waals surface area contributed by atoms with E-state index in [0.29, 0.717) is 0 Å². The molecule has 5 heteroatoms. The molecule has 0 aromatic carbocycles. The number of methoxy groups -OCH3 is 1. The lowest BCUT2D eigenvalue weighted by Gasteiger charge is -2.26. The van der Waals surface area contributed by atoms with Crippen molar-refractivity contribution in [2.45, 2.75) is 38.6 Å². The highest BCUT2D eigenvalue weighted by Crippen LogP contribution is 2.24.